The fourth-order valence-corrected chi connectivity index (χ4v) is 1.64. The van der Waals surface area contributed by atoms with E-state index in [0.717, 1.165) is 18.6 Å². The summed E-state index contributed by atoms with van der Waals surface area (Å²) in [7, 11) is 1.63. The summed E-state index contributed by atoms with van der Waals surface area (Å²) in [4.78, 5) is 0. The number of benzene rings is 1. The molecule has 18 heavy (non-hydrogen) atoms. The van der Waals surface area contributed by atoms with Crippen LogP contribution in [0.4, 0.5) is 14.5 Å². The van der Waals surface area contributed by atoms with Crippen molar-refractivity contribution in [2.75, 3.05) is 38.8 Å². The Bertz CT molecular complexity index is 377. The Kier molecular flexibility index (Phi) is 7.15. The maximum atomic E-state index is 13.4. The smallest absolute Gasteiger partial charge is 0.147 e. The van der Waals surface area contributed by atoms with Gasteiger partial charge in [-0.2, -0.15) is 0 Å². The second-order valence-corrected chi connectivity index (χ2v) is 4.49. The van der Waals surface area contributed by atoms with E-state index in [0.29, 0.717) is 26.4 Å². The van der Waals surface area contributed by atoms with E-state index in [1.54, 1.807) is 7.11 Å². The van der Waals surface area contributed by atoms with Gasteiger partial charge in [-0.15, -0.1) is 0 Å². The lowest BCUT2D eigenvalue weighted by Gasteiger charge is -2.09. The van der Waals surface area contributed by atoms with Crippen molar-refractivity contribution in [3.8, 4) is 0 Å². The second-order valence-electron chi connectivity index (χ2n) is 3.63. The van der Waals surface area contributed by atoms with E-state index in [9.17, 15) is 8.78 Å². The third-order valence-electron chi connectivity index (χ3n) is 2.21. The molecule has 0 aromatic heterocycles. The first-order valence-electron chi connectivity index (χ1n) is 5.60. The zero-order valence-electron chi connectivity index (χ0n) is 10.1. The highest BCUT2D eigenvalue weighted by atomic mass is 79.9. The van der Waals surface area contributed by atoms with Crippen LogP contribution in [0.2, 0.25) is 0 Å². The average Bonchev–Trinajstić information content (AvgIpc) is 2.34. The van der Waals surface area contributed by atoms with Crippen LogP contribution in [0.1, 0.15) is 6.42 Å². The summed E-state index contributed by atoms with van der Waals surface area (Å²) in [5.41, 5.74) is 0.135. The summed E-state index contributed by atoms with van der Waals surface area (Å²) in [6.07, 6.45) is 0.817. The molecule has 1 N–H and O–H groups in total. The van der Waals surface area contributed by atoms with Crippen LogP contribution in [-0.4, -0.2) is 33.5 Å². The van der Waals surface area contributed by atoms with E-state index in [1.807, 2.05) is 0 Å². The van der Waals surface area contributed by atoms with Crippen LogP contribution in [-0.2, 0) is 9.47 Å². The summed E-state index contributed by atoms with van der Waals surface area (Å²) in [6.45, 7) is 2.10. The van der Waals surface area contributed by atoms with Crippen molar-refractivity contribution < 1.29 is 18.3 Å². The largest absolute Gasteiger partial charge is 0.385 e. The SMILES string of the molecule is COCCCOCCNc1cc(F)c(Br)cc1F. The first-order valence-corrected chi connectivity index (χ1v) is 6.39. The molecule has 1 aromatic rings. The zero-order valence-corrected chi connectivity index (χ0v) is 11.7. The Morgan fingerprint density at radius 2 is 1.94 bits per heavy atom. The molecule has 3 nitrogen and oxygen atoms in total. The molecule has 0 spiro atoms. The van der Waals surface area contributed by atoms with Gasteiger partial charge in [-0.1, -0.05) is 0 Å². The van der Waals surface area contributed by atoms with E-state index >= 15 is 0 Å². The Balaban J connectivity index is 2.25. The maximum absolute atomic E-state index is 13.4. The Morgan fingerprint density at radius 3 is 2.67 bits per heavy atom. The van der Waals surface area contributed by atoms with Crippen LogP contribution >= 0.6 is 15.9 Å². The van der Waals surface area contributed by atoms with Crippen molar-refractivity contribution in [2.24, 2.45) is 0 Å². The predicted molar refractivity (Wildman–Crippen MR) is 69.9 cm³/mol. The molecule has 0 heterocycles. The number of halogens is 3. The van der Waals surface area contributed by atoms with Crippen LogP contribution in [0.15, 0.2) is 16.6 Å². The molecule has 0 aliphatic carbocycles. The Labute approximate surface area is 114 Å². The number of hydrogen-bond donors (Lipinski definition) is 1. The summed E-state index contributed by atoms with van der Waals surface area (Å²) in [6, 6.07) is 2.21. The van der Waals surface area contributed by atoms with Gasteiger partial charge in [0.1, 0.15) is 11.6 Å². The van der Waals surface area contributed by atoms with Crippen molar-refractivity contribution in [2.45, 2.75) is 6.42 Å². The molecule has 0 bridgehead atoms. The third-order valence-corrected chi connectivity index (χ3v) is 2.82. The molecule has 0 aliphatic rings. The minimum absolute atomic E-state index is 0.112. The van der Waals surface area contributed by atoms with Gasteiger partial charge in [-0.05, 0) is 28.4 Å². The second kappa shape index (κ2) is 8.39. The standard InChI is InChI=1S/C12H16BrF2NO2/c1-17-4-2-5-18-6-3-16-12-8-10(14)9(13)7-11(12)15/h7-8,16H,2-6H2,1H3. The molecule has 1 aromatic carbocycles. The molecule has 6 heteroatoms. The van der Waals surface area contributed by atoms with Gasteiger partial charge in [0, 0.05) is 32.9 Å². The number of rotatable bonds is 8. The molecule has 0 radical (unpaired) electrons. The van der Waals surface area contributed by atoms with E-state index in [4.69, 9.17) is 9.47 Å². The van der Waals surface area contributed by atoms with Crippen LogP contribution in [0.3, 0.4) is 0 Å². The molecule has 0 aliphatic heterocycles. The van der Waals surface area contributed by atoms with E-state index in [2.05, 4.69) is 21.2 Å². The number of ether oxygens (including phenoxy) is 2. The minimum Gasteiger partial charge on any atom is -0.385 e. The molecule has 0 unspecified atom stereocenters. The van der Waals surface area contributed by atoms with Crippen LogP contribution < -0.4 is 5.32 Å². The summed E-state index contributed by atoms with van der Waals surface area (Å²) < 4.78 is 36.8. The molecule has 1 rings (SSSR count). The molecular formula is C12H16BrF2NO2. The van der Waals surface area contributed by atoms with Crippen molar-refractivity contribution in [3.63, 3.8) is 0 Å². The minimum atomic E-state index is -0.500. The predicted octanol–water partition coefficient (Wildman–Crippen LogP) is 3.19. The highest BCUT2D eigenvalue weighted by Crippen LogP contribution is 2.22. The molecule has 0 amide bonds. The lowest BCUT2D eigenvalue weighted by molar-refractivity contribution is 0.109. The van der Waals surface area contributed by atoms with Gasteiger partial charge in [-0.3, -0.25) is 0 Å². The molecule has 102 valence electrons. The Hall–Kier alpha value is -0.720. The number of nitrogens with one attached hydrogen (secondary N) is 1. The van der Waals surface area contributed by atoms with Crippen LogP contribution in [0, 0.1) is 11.6 Å². The highest BCUT2D eigenvalue weighted by molar-refractivity contribution is 9.10. The van der Waals surface area contributed by atoms with E-state index < -0.39 is 11.6 Å². The van der Waals surface area contributed by atoms with Crippen molar-refractivity contribution in [1.29, 1.82) is 0 Å². The van der Waals surface area contributed by atoms with Crippen LogP contribution in [0.25, 0.3) is 0 Å². The lowest BCUT2D eigenvalue weighted by Crippen LogP contribution is -2.11. The lowest BCUT2D eigenvalue weighted by atomic mass is 10.3. The number of hydrogen-bond acceptors (Lipinski definition) is 3. The van der Waals surface area contributed by atoms with E-state index in [1.165, 1.54) is 0 Å². The number of methoxy groups -OCH3 is 1. The van der Waals surface area contributed by atoms with Crippen molar-refractivity contribution >= 4 is 21.6 Å². The van der Waals surface area contributed by atoms with Crippen molar-refractivity contribution in [3.05, 3.63) is 28.2 Å². The maximum Gasteiger partial charge on any atom is 0.147 e. The Morgan fingerprint density at radius 1 is 1.17 bits per heavy atom. The topological polar surface area (TPSA) is 30.5 Å². The van der Waals surface area contributed by atoms with Gasteiger partial charge in [0.2, 0.25) is 0 Å². The van der Waals surface area contributed by atoms with Crippen molar-refractivity contribution in [1.82, 2.24) is 0 Å². The quantitative estimate of drug-likeness (QED) is 0.588. The summed E-state index contributed by atoms with van der Waals surface area (Å²) in [5.74, 6) is -0.998. The average molecular weight is 324 g/mol. The van der Waals surface area contributed by atoms with Gasteiger partial charge in [0.05, 0.1) is 16.8 Å². The molecule has 0 saturated carbocycles. The molecular weight excluding hydrogens is 308 g/mol. The molecule has 0 fully saturated rings. The number of anilines is 1. The third kappa shape index (κ3) is 5.29. The first kappa shape index (κ1) is 15.3. The van der Waals surface area contributed by atoms with E-state index in [-0.39, 0.29) is 10.2 Å². The fraction of sp³-hybridized carbons (Fsp3) is 0.500. The normalized spacial score (nSPS) is 10.7. The van der Waals surface area contributed by atoms with Gasteiger partial charge in [0.15, 0.2) is 0 Å². The highest BCUT2D eigenvalue weighted by Gasteiger charge is 2.07. The van der Waals surface area contributed by atoms with Crippen LogP contribution in [0.5, 0.6) is 0 Å². The van der Waals surface area contributed by atoms with Gasteiger partial charge < -0.3 is 14.8 Å². The van der Waals surface area contributed by atoms with Gasteiger partial charge in [0.25, 0.3) is 0 Å². The first-order chi connectivity index (χ1) is 8.65. The molecule has 0 atom stereocenters. The van der Waals surface area contributed by atoms with Gasteiger partial charge in [-0.25, -0.2) is 8.78 Å². The zero-order chi connectivity index (χ0) is 13.4. The summed E-state index contributed by atoms with van der Waals surface area (Å²) in [5, 5.41) is 2.78. The van der Waals surface area contributed by atoms with Gasteiger partial charge >= 0.3 is 0 Å². The summed E-state index contributed by atoms with van der Waals surface area (Å²) >= 11 is 2.92. The fourth-order valence-electron chi connectivity index (χ4n) is 1.32. The monoisotopic (exact) mass is 323 g/mol. The molecule has 0 saturated heterocycles.